The number of benzene rings is 2. The van der Waals surface area contributed by atoms with E-state index in [1.807, 2.05) is 26.0 Å². The van der Waals surface area contributed by atoms with E-state index in [9.17, 15) is 14.0 Å². The van der Waals surface area contributed by atoms with Crippen LogP contribution >= 0.6 is 0 Å². The molecule has 156 valence electrons. The van der Waals surface area contributed by atoms with Crippen molar-refractivity contribution >= 4 is 17.5 Å². The second-order valence-corrected chi connectivity index (χ2v) is 7.54. The molecule has 0 atom stereocenters. The summed E-state index contributed by atoms with van der Waals surface area (Å²) in [7, 11) is 0. The van der Waals surface area contributed by atoms with E-state index in [1.54, 1.807) is 36.4 Å². The summed E-state index contributed by atoms with van der Waals surface area (Å²) >= 11 is 0. The number of anilines is 1. The molecule has 0 saturated carbocycles. The molecule has 30 heavy (non-hydrogen) atoms. The number of carbonyl (C=O) groups is 2. The van der Waals surface area contributed by atoms with Gasteiger partial charge in [0.1, 0.15) is 5.82 Å². The average Bonchev–Trinajstić information content (AvgIpc) is 3.26. The Labute approximate surface area is 175 Å². The predicted molar refractivity (Wildman–Crippen MR) is 114 cm³/mol. The molecule has 3 aromatic rings. The van der Waals surface area contributed by atoms with Gasteiger partial charge in [-0.2, -0.15) is 0 Å². The summed E-state index contributed by atoms with van der Waals surface area (Å²) in [5.74, 6) is -0.143. The van der Waals surface area contributed by atoms with Gasteiger partial charge in [0, 0.05) is 12.2 Å². The molecule has 1 N–H and O–H groups in total. The summed E-state index contributed by atoms with van der Waals surface area (Å²) in [5, 5.41) is 2.89. The van der Waals surface area contributed by atoms with Crippen molar-refractivity contribution in [2.24, 2.45) is 5.92 Å². The fraction of sp³-hybridized carbons (Fsp3) is 0.250. The second kappa shape index (κ2) is 9.87. The van der Waals surface area contributed by atoms with E-state index in [4.69, 9.17) is 4.42 Å². The number of nitrogens with one attached hydrogen (secondary N) is 1. The van der Waals surface area contributed by atoms with Crippen LogP contribution in [0.25, 0.3) is 0 Å². The molecule has 0 radical (unpaired) electrons. The molecular weight excluding hydrogens is 383 g/mol. The molecule has 0 aliphatic heterocycles. The van der Waals surface area contributed by atoms with Crippen LogP contribution in [0.15, 0.2) is 71.3 Å². The van der Waals surface area contributed by atoms with E-state index in [0.29, 0.717) is 23.7 Å². The monoisotopic (exact) mass is 408 g/mol. The molecule has 0 bridgehead atoms. The van der Waals surface area contributed by atoms with Crippen LogP contribution in [-0.4, -0.2) is 18.4 Å². The number of rotatable bonds is 8. The van der Waals surface area contributed by atoms with Gasteiger partial charge in [-0.15, -0.1) is 0 Å². The van der Waals surface area contributed by atoms with Crippen LogP contribution in [0.2, 0.25) is 0 Å². The number of hydrogen-bond acceptors (Lipinski definition) is 3. The average molecular weight is 408 g/mol. The van der Waals surface area contributed by atoms with E-state index in [0.717, 1.165) is 5.56 Å². The van der Waals surface area contributed by atoms with Crippen molar-refractivity contribution in [3.05, 3.63) is 89.6 Å². The van der Waals surface area contributed by atoms with Crippen LogP contribution < -0.4 is 10.2 Å². The lowest BCUT2D eigenvalue weighted by Crippen LogP contribution is -2.30. The highest BCUT2D eigenvalue weighted by Gasteiger charge is 2.21. The van der Waals surface area contributed by atoms with Crippen molar-refractivity contribution < 1.29 is 18.4 Å². The maximum Gasteiger partial charge on any atom is 0.294 e. The fourth-order valence-electron chi connectivity index (χ4n) is 2.99. The Kier molecular flexibility index (Phi) is 7.01. The zero-order chi connectivity index (χ0) is 21.5. The normalized spacial score (nSPS) is 10.8. The summed E-state index contributed by atoms with van der Waals surface area (Å²) in [5.41, 5.74) is 2.13. The maximum atomic E-state index is 13.6. The number of amides is 2. The Morgan fingerprint density at radius 1 is 1.03 bits per heavy atom. The van der Waals surface area contributed by atoms with Crippen molar-refractivity contribution in [3.8, 4) is 0 Å². The van der Waals surface area contributed by atoms with E-state index in [-0.39, 0.29) is 36.4 Å². The van der Waals surface area contributed by atoms with Crippen LogP contribution in [0, 0.1) is 11.7 Å². The Balaban J connectivity index is 1.79. The smallest absolute Gasteiger partial charge is 0.294 e. The lowest BCUT2D eigenvalue weighted by atomic mass is 10.1. The van der Waals surface area contributed by atoms with Gasteiger partial charge in [0.15, 0.2) is 5.76 Å². The summed E-state index contributed by atoms with van der Waals surface area (Å²) in [4.78, 5) is 26.6. The minimum atomic E-state index is -0.361. The molecular formula is C24H25FN2O3. The highest BCUT2D eigenvalue weighted by molar-refractivity contribution is 6.04. The van der Waals surface area contributed by atoms with Crippen molar-refractivity contribution in [1.82, 2.24) is 5.32 Å². The first-order valence-corrected chi connectivity index (χ1v) is 9.88. The Morgan fingerprint density at radius 3 is 2.43 bits per heavy atom. The standard InChI is InChI=1S/C24H25FN2O3/c1-17(2)15-26-23(28)14-18-8-10-21(11-9-18)27(24(29)22-7-4-12-30-22)16-19-5-3-6-20(25)13-19/h3-13,17H,14-16H2,1-2H3,(H,26,28). The van der Waals surface area contributed by atoms with Gasteiger partial charge in [-0.05, 0) is 53.4 Å². The van der Waals surface area contributed by atoms with Gasteiger partial charge < -0.3 is 14.6 Å². The Bertz CT molecular complexity index is 982. The SMILES string of the molecule is CC(C)CNC(=O)Cc1ccc(N(Cc2cccc(F)c2)C(=O)c2ccco2)cc1. The molecule has 0 fully saturated rings. The topological polar surface area (TPSA) is 62.6 Å². The minimum absolute atomic E-state index is 0.0419. The van der Waals surface area contributed by atoms with Gasteiger partial charge in [0.2, 0.25) is 5.91 Å². The summed E-state index contributed by atoms with van der Waals surface area (Å²) in [6.07, 6.45) is 1.70. The van der Waals surface area contributed by atoms with Gasteiger partial charge in [-0.3, -0.25) is 9.59 Å². The Morgan fingerprint density at radius 2 is 1.80 bits per heavy atom. The minimum Gasteiger partial charge on any atom is -0.459 e. The molecule has 0 aliphatic carbocycles. The molecule has 5 nitrogen and oxygen atoms in total. The first-order valence-electron chi connectivity index (χ1n) is 9.88. The lowest BCUT2D eigenvalue weighted by molar-refractivity contribution is -0.120. The third kappa shape index (κ3) is 5.80. The van der Waals surface area contributed by atoms with Crippen LogP contribution in [0.5, 0.6) is 0 Å². The fourth-order valence-corrected chi connectivity index (χ4v) is 2.99. The molecule has 0 aliphatic rings. The molecule has 1 aromatic heterocycles. The molecule has 0 unspecified atom stereocenters. The first-order chi connectivity index (χ1) is 14.4. The largest absolute Gasteiger partial charge is 0.459 e. The molecule has 0 saturated heterocycles. The number of carbonyl (C=O) groups excluding carboxylic acids is 2. The van der Waals surface area contributed by atoms with E-state index in [2.05, 4.69) is 5.32 Å². The van der Waals surface area contributed by atoms with Gasteiger partial charge >= 0.3 is 0 Å². The van der Waals surface area contributed by atoms with Crippen LogP contribution in [-0.2, 0) is 17.8 Å². The molecule has 2 amide bonds. The molecule has 3 rings (SSSR count). The number of nitrogens with zero attached hydrogens (tertiary/aromatic N) is 1. The van der Waals surface area contributed by atoms with E-state index >= 15 is 0 Å². The molecule has 1 heterocycles. The lowest BCUT2D eigenvalue weighted by Gasteiger charge is -2.22. The van der Waals surface area contributed by atoms with Crippen molar-refractivity contribution in [1.29, 1.82) is 0 Å². The Hall–Kier alpha value is -3.41. The summed E-state index contributed by atoms with van der Waals surface area (Å²) in [6, 6.07) is 16.6. The van der Waals surface area contributed by atoms with Crippen LogP contribution in [0.4, 0.5) is 10.1 Å². The molecule has 6 heteroatoms. The maximum absolute atomic E-state index is 13.6. The first kappa shape index (κ1) is 21.3. The van der Waals surface area contributed by atoms with Crippen molar-refractivity contribution in [3.63, 3.8) is 0 Å². The zero-order valence-corrected chi connectivity index (χ0v) is 17.1. The quantitative estimate of drug-likeness (QED) is 0.593. The van der Waals surface area contributed by atoms with E-state index in [1.165, 1.54) is 23.3 Å². The molecule has 0 spiro atoms. The van der Waals surface area contributed by atoms with Crippen molar-refractivity contribution in [2.45, 2.75) is 26.8 Å². The predicted octanol–water partition coefficient (Wildman–Crippen LogP) is 4.58. The van der Waals surface area contributed by atoms with Crippen LogP contribution in [0.3, 0.4) is 0 Å². The zero-order valence-electron chi connectivity index (χ0n) is 17.1. The van der Waals surface area contributed by atoms with E-state index < -0.39 is 0 Å². The van der Waals surface area contributed by atoms with Gasteiger partial charge in [-0.25, -0.2) is 4.39 Å². The second-order valence-electron chi connectivity index (χ2n) is 7.54. The molecule has 2 aromatic carbocycles. The number of furan rings is 1. The summed E-state index contributed by atoms with van der Waals surface area (Å²) in [6.45, 7) is 4.90. The summed E-state index contributed by atoms with van der Waals surface area (Å²) < 4.78 is 18.9. The van der Waals surface area contributed by atoms with Gasteiger partial charge in [0.05, 0.1) is 19.2 Å². The van der Waals surface area contributed by atoms with Gasteiger partial charge in [-0.1, -0.05) is 38.1 Å². The van der Waals surface area contributed by atoms with Crippen LogP contribution in [0.1, 0.15) is 35.5 Å². The van der Waals surface area contributed by atoms with Gasteiger partial charge in [0.25, 0.3) is 5.91 Å². The third-order valence-electron chi connectivity index (χ3n) is 4.53. The number of halogens is 1. The highest BCUT2D eigenvalue weighted by Crippen LogP contribution is 2.22. The number of hydrogen-bond donors (Lipinski definition) is 1. The van der Waals surface area contributed by atoms with Crippen molar-refractivity contribution in [2.75, 3.05) is 11.4 Å². The third-order valence-corrected chi connectivity index (χ3v) is 4.53. The highest BCUT2D eigenvalue weighted by atomic mass is 19.1.